The molecule has 0 N–H and O–H groups in total. The van der Waals surface area contributed by atoms with Crippen LogP contribution in [0.4, 0.5) is 0 Å². The maximum absolute atomic E-state index is 8.84. The molecule has 5 heteroatoms. The summed E-state index contributed by atoms with van der Waals surface area (Å²) in [7, 11) is 0. The monoisotopic (exact) mass is 298 g/mol. The molecule has 3 rings (SSSR count). The van der Waals surface area contributed by atoms with Crippen LogP contribution in [-0.2, 0) is 5.75 Å². The minimum absolute atomic E-state index is 0.377. The molecule has 0 radical (unpaired) electrons. The van der Waals surface area contributed by atoms with Crippen molar-refractivity contribution in [2.24, 2.45) is 0 Å². The topological polar surface area (TPSA) is 54.5 Å². The van der Waals surface area contributed by atoms with Crippen molar-refractivity contribution in [3.63, 3.8) is 0 Å². The third-order valence-electron chi connectivity index (χ3n) is 3.82. The lowest BCUT2D eigenvalue weighted by molar-refractivity contribution is 0.682. The molecule has 4 nitrogen and oxygen atoms in total. The molecule has 1 fully saturated rings. The van der Waals surface area contributed by atoms with Crippen LogP contribution in [0.2, 0.25) is 0 Å². The van der Waals surface area contributed by atoms with Gasteiger partial charge in [0.1, 0.15) is 11.6 Å². The Bertz CT molecular complexity index is 665. The Balaban J connectivity index is 1.65. The molecule has 0 saturated heterocycles. The second kappa shape index (κ2) is 5.90. The van der Waals surface area contributed by atoms with E-state index < -0.39 is 0 Å². The summed E-state index contributed by atoms with van der Waals surface area (Å²) in [5, 5.41) is 17.7. The van der Waals surface area contributed by atoms with E-state index in [2.05, 4.69) is 27.8 Å². The van der Waals surface area contributed by atoms with Crippen LogP contribution in [0.1, 0.15) is 53.8 Å². The summed E-state index contributed by atoms with van der Waals surface area (Å²) in [6.45, 7) is 4.22. The van der Waals surface area contributed by atoms with Crippen LogP contribution < -0.4 is 0 Å². The number of nitriles is 1. The Kier molecular flexibility index (Phi) is 3.98. The van der Waals surface area contributed by atoms with E-state index in [9.17, 15) is 0 Å². The average Bonchev–Trinajstić information content (AvgIpc) is 3.28. The van der Waals surface area contributed by atoms with E-state index in [4.69, 9.17) is 5.26 Å². The summed E-state index contributed by atoms with van der Waals surface area (Å²) in [4.78, 5) is 0. The third-order valence-corrected chi connectivity index (χ3v) is 5.02. The third kappa shape index (κ3) is 3.11. The van der Waals surface area contributed by atoms with E-state index in [0.29, 0.717) is 16.9 Å². The smallest absolute Gasteiger partial charge is 0.143 e. The predicted molar refractivity (Wildman–Crippen MR) is 83.9 cm³/mol. The van der Waals surface area contributed by atoms with Crippen LogP contribution >= 0.6 is 11.8 Å². The van der Waals surface area contributed by atoms with Gasteiger partial charge in [-0.3, -0.25) is 0 Å². The predicted octanol–water partition coefficient (Wildman–Crippen LogP) is 3.79. The van der Waals surface area contributed by atoms with Crippen LogP contribution in [-0.4, -0.2) is 14.8 Å². The van der Waals surface area contributed by atoms with Gasteiger partial charge in [0.15, 0.2) is 0 Å². The van der Waals surface area contributed by atoms with Crippen molar-refractivity contribution in [1.29, 1.82) is 5.26 Å². The maximum atomic E-state index is 8.84. The zero-order valence-electron chi connectivity index (χ0n) is 12.3. The molecular weight excluding hydrogens is 280 g/mol. The molecule has 0 bridgehead atoms. The van der Waals surface area contributed by atoms with Gasteiger partial charge in [-0.2, -0.15) is 5.26 Å². The number of nitrogens with zero attached hydrogens (tertiary/aromatic N) is 4. The summed E-state index contributed by atoms with van der Waals surface area (Å²) in [6, 6.07) is 10.6. The molecule has 1 aliphatic rings. The first kappa shape index (κ1) is 14.2. The molecule has 1 heterocycles. The largest absolute Gasteiger partial charge is 0.311 e. The molecule has 1 aromatic heterocycles. The second-order valence-corrected chi connectivity index (χ2v) is 6.78. The molecule has 0 unspecified atom stereocenters. The molecule has 21 heavy (non-hydrogen) atoms. The number of aryl methyl sites for hydroxylation is 1. The summed E-state index contributed by atoms with van der Waals surface area (Å²) in [6.07, 6.45) is 2.50. The molecule has 0 aliphatic heterocycles. The Hall–Kier alpha value is -1.80. The van der Waals surface area contributed by atoms with Crippen LogP contribution in [0.3, 0.4) is 0 Å². The van der Waals surface area contributed by atoms with Crippen LogP contribution in [0, 0.1) is 18.3 Å². The SMILES string of the molecule is Cc1nnc(CS[C@@H](C)c2ccc(C#N)cc2)n1C1CC1. The fourth-order valence-corrected chi connectivity index (χ4v) is 3.39. The van der Waals surface area contributed by atoms with E-state index >= 15 is 0 Å². The first-order chi connectivity index (χ1) is 10.2. The van der Waals surface area contributed by atoms with E-state index in [1.54, 1.807) is 0 Å². The van der Waals surface area contributed by atoms with Crippen LogP contribution in [0.25, 0.3) is 0 Å². The maximum Gasteiger partial charge on any atom is 0.143 e. The molecule has 2 aromatic rings. The van der Waals surface area contributed by atoms with Gasteiger partial charge in [-0.25, -0.2) is 0 Å². The van der Waals surface area contributed by atoms with Gasteiger partial charge in [0, 0.05) is 11.3 Å². The lowest BCUT2D eigenvalue weighted by atomic mass is 10.1. The van der Waals surface area contributed by atoms with E-state index in [0.717, 1.165) is 17.4 Å². The summed E-state index contributed by atoms with van der Waals surface area (Å²) < 4.78 is 2.29. The Morgan fingerprint density at radius 3 is 2.67 bits per heavy atom. The zero-order chi connectivity index (χ0) is 14.8. The number of aromatic nitrogens is 3. The highest BCUT2D eigenvalue weighted by atomic mass is 32.2. The Morgan fingerprint density at radius 1 is 1.33 bits per heavy atom. The highest BCUT2D eigenvalue weighted by molar-refractivity contribution is 7.98. The number of rotatable bonds is 5. The van der Waals surface area contributed by atoms with Crippen molar-refractivity contribution in [2.75, 3.05) is 0 Å². The van der Waals surface area contributed by atoms with Crippen LogP contribution in [0.5, 0.6) is 0 Å². The minimum Gasteiger partial charge on any atom is -0.311 e. The Morgan fingerprint density at radius 2 is 2.05 bits per heavy atom. The molecule has 1 atom stereocenters. The number of thioether (sulfide) groups is 1. The molecule has 1 aromatic carbocycles. The van der Waals surface area contributed by atoms with Gasteiger partial charge in [0.25, 0.3) is 0 Å². The van der Waals surface area contributed by atoms with E-state index in [1.807, 2.05) is 43.0 Å². The normalized spacial score (nSPS) is 15.7. The molecule has 1 aliphatic carbocycles. The fraction of sp³-hybridized carbons (Fsp3) is 0.438. The van der Waals surface area contributed by atoms with Gasteiger partial charge in [-0.1, -0.05) is 12.1 Å². The highest BCUT2D eigenvalue weighted by Crippen LogP contribution is 2.38. The van der Waals surface area contributed by atoms with Gasteiger partial charge in [-0.15, -0.1) is 22.0 Å². The van der Waals surface area contributed by atoms with Crippen molar-refractivity contribution in [3.8, 4) is 6.07 Å². The molecule has 108 valence electrons. The summed E-state index contributed by atoms with van der Waals surface area (Å²) in [5.74, 6) is 2.98. The fourth-order valence-electron chi connectivity index (χ4n) is 2.44. The van der Waals surface area contributed by atoms with Crippen molar-refractivity contribution >= 4 is 11.8 Å². The second-order valence-electron chi connectivity index (χ2n) is 5.45. The summed E-state index contributed by atoms with van der Waals surface area (Å²) >= 11 is 1.86. The number of benzene rings is 1. The number of hydrogen-bond acceptors (Lipinski definition) is 4. The first-order valence-electron chi connectivity index (χ1n) is 7.21. The van der Waals surface area contributed by atoms with Crippen molar-refractivity contribution in [2.45, 2.75) is 43.7 Å². The number of hydrogen-bond donors (Lipinski definition) is 0. The molecule has 1 saturated carbocycles. The van der Waals surface area contributed by atoms with Crippen molar-refractivity contribution in [1.82, 2.24) is 14.8 Å². The standard InChI is InChI=1S/C16H18N4S/c1-11(14-5-3-13(9-17)4-6-14)21-10-16-19-18-12(2)20(16)15-7-8-15/h3-6,11,15H,7-8,10H2,1-2H3/t11-/m0/s1. The first-order valence-corrected chi connectivity index (χ1v) is 8.26. The van der Waals surface area contributed by atoms with Gasteiger partial charge in [0.2, 0.25) is 0 Å². The molecule has 0 amide bonds. The van der Waals surface area contributed by atoms with Gasteiger partial charge in [-0.05, 0) is 44.4 Å². The average molecular weight is 298 g/mol. The minimum atomic E-state index is 0.377. The quantitative estimate of drug-likeness (QED) is 0.842. The Labute approximate surface area is 129 Å². The lowest BCUT2D eigenvalue weighted by Gasteiger charge is -2.12. The van der Waals surface area contributed by atoms with E-state index in [1.165, 1.54) is 18.4 Å². The molecule has 0 spiro atoms. The molecular formula is C16H18N4S. The van der Waals surface area contributed by atoms with Gasteiger partial charge in [0.05, 0.1) is 17.4 Å². The van der Waals surface area contributed by atoms with Crippen LogP contribution in [0.15, 0.2) is 24.3 Å². The lowest BCUT2D eigenvalue weighted by Crippen LogP contribution is -2.03. The van der Waals surface area contributed by atoms with Gasteiger partial charge < -0.3 is 4.57 Å². The van der Waals surface area contributed by atoms with Gasteiger partial charge >= 0.3 is 0 Å². The summed E-state index contributed by atoms with van der Waals surface area (Å²) in [5.41, 5.74) is 1.95. The zero-order valence-corrected chi connectivity index (χ0v) is 13.1. The van der Waals surface area contributed by atoms with Crippen molar-refractivity contribution in [3.05, 3.63) is 47.0 Å². The van der Waals surface area contributed by atoms with Crippen molar-refractivity contribution < 1.29 is 0 Å². The van der Waals surface area contributed by atoms with E-state index in [-0.39, 0.29) is 0 Å². The highest BCUT2D eigenvalue weighted by Gasteiger charge is 2.28.